The maximum Gasteiger partial charge on any atom is 0.303 e. The molecule has 0 aliphatic heterocycles. The third-order valence-corrected chi connectivity index (χ3v) is 1.96. The van der Waals surface area contributed by atoms with Crippen molar-refractivity contribution in [3.05, 3.63) is 23.5 Å². The highest BCUT2D eigenvalue weighted by atomic mass is 19.1. The van der Waals surface area contributed by atoms with Crippen molar-refractivity contribution < 1.29 is 24.1 Å². The van der Waals surface area contributed by atoms with Crippen molar-refractivity contribution in [1.82, 2.24) is 0 Å². The summed E-state index contributed by atoms with van der Waals surface area (Å²) in [4.78, 5) is 10.3. The van der Waals surface area contributed by atoms with E-state index in [0.29, 0.717) is 5.56 Å². The van der Waals surface area contributed by atoms with Gasteiger partial charge < -0.3 is 14.9 Å². The van der Waals surface area contributed by atoms with Crippen LogP contribution < -0.4 is 4.74 Å². The summed E-state index contributed by atoms with van der Waals surface area (Å²) in [5.41, 5.74) is 0.471. The molecule has 4 nitrogen and oxygen atoms in total. The van der Waals surface area contributed by atoms with E-state index >= 15 is 0 Å². The van der Waals surface area contributed by atoms with E-state index in [2.05, 4.69) is 0 Å². The zero-order valence-electron chi connectivity index (χ0n) is 8.16. The van der Waals surface area contributed by atoms with Gasteiger partial charge in [-0.25, -0.2) is 4.39 Å². The zero-order valence-corrected chi connectivity index (χ0v) is 8.16. The lowest BCUT2D eigenvalue weighted by molar-refractivity contribution is -0.136. The molecule has 0 radical (unpaired) electrons. The number of benzene rings is 1. The van der Waals surface area contributed by atoms with Crippen LogP contribution in [-0.2, 0) is 11.2 Å². The van der Waals surface area contributed by atoms with E-state index in [4.69, 9.17) is 14.9 Å². The zero-order chi connectivity index (χ0) is 11.4. The molecular weight excluding hydrogens is 203 g/mol. The largest absolute Gasteiger partial charge is 0.505 e. The lowest BCUT2D eigenvalue weighted by Gasteiger charge is -2.08. The predicted molar refractivity (Wildman–Crippen MR) is 50.6 cm³/mol. The van der Waals surface area contributed by atoms with E-state index in [9.17, 15) is 9.18 Å². The SMILES string of the molecule is COc1cc(F)c(O)cc1CCC(=O)O. The topological polar surface area (TPSA) is 66.8 Å². The number of carboxylic acids is 1. The van der Waals surface area contributed by atoms with Gasteiger partial charge in [0, 0.05) is 12.5 Å². The van der Waals surface area contributed by atoms with Crippen LogP contribution in [0.25, 0.3) is 0 Å². The van der Waals surface area contributed by atoms with Gasteiger partial charge in [-0.15, -0.1) is 0 Å². The van der Waals surface area contributed by atoms with Gasteiger partial charge in [0.1, 0.15) is 5.75 Å². The highest BCUT2D eigenvalue weighted by Crippen LogP contribution is 2.27. The van der Waals surface area contributed by atoms with Crippen molar-refractivity contribution in [3.63, 3.8) is 0 Å². The molecule has 82 valence electrons. The average molecular weight is 214 g/mol. The second-order valence-electron chi connectivity index (χ2n) is 3.01. The summed E-state index contributed by atoms with van der Waals surface area (Å²) in [5, 5.41) is 17.6. The molecule has 0 heterocycles. The number of carboxylic acid groups (broad SMARTS) is 1. The van der Waals surface area contributed by atoms with Crippen LogP contribution in [0.1, 0.15) is 12.0 Å². The van der Waals surface area contributed by atoms with Crippen LogP contribution in [0.4, 0.5) is 4.39 Å². The number of aromatic hydroxyl groups is 1. The molecular formula is C10H11FO4. The predicted octanol–water partition coefficient (Wildman–Crippen LogP) is 1.56. The number of hydrogen-bond donors (Lipinski definition) is 2. The normalized spacial score (nSPS) is 10.0. The number of rotatable bonds is 4. The Morgan fingerprint density at radius 2 is 2.20 bits per heavy atom. The molecule has 1 aromatic carbocycles. The first-order chi connectivity index (χ1) is 7.04. The maximum atomic E-state index is 12.9. The Morgan fingerprint density at radius 1 is 1.53 bits per heavy atom. The number of carbonyl (C=O) groups is 1. The van der Waals surface area contributed by atoms with E-state index in [0.717, 1.165) is 6.07 Å². The Labute approximate surface area is 85.9 Å². The molecule has 0 bridgehead atoms. The quantitative estimate of drug-likeness (QED) is 0.798. The summed E-state index contributed by atoms with van der Waals surface area (Å²) in [6.45, 7) is 0. The second kappa shape index (κ2) is 4.63. The van der Waals surface area contributed by atoms with Gasteiger partial charge in [-0.05, 0) is 18.1 Å². The third kappa shape index (κ3) is 2.83. The molecule has 0 aromatic heterocycles. The lowest BCUT2D eigenvalue weighted by atomic mass is 10.1. The summed E-state index contributed by atoms with van der Waals surface area (Å²) in [7, 11) is 1.36. The molecule has 1 aromatic rings. The molecule has 1 rings (SSSR count). The highest BCUT2D eigenvalue weighted by Gasteiger charge is 2.10. The lowest BCUT2D eigenvalue weighted by Crippen LogP contribution is -2.00. The second-order valence-corrected chi connectivity index (χ2v) is 3.01. The highest BCUT2D eigenvalue weighted by molar-refractivity contribution is 5.67. The van der Waals surface area contributed by atoms with Crippen LogP contribution in [-0.4, -0.2) is 23.3 Å². The van der Waals surface area contributed by atoms with E-state index in [1.807, 2.05) is 0 Å². The van der Waals surface area contributed by atoms with Crippen LogP contribution in [0.2, 0.25) is 0 Å². The molecule has 2 N–H and O–H groups in total. The Balaban J connectivity index is 2.94. The summed E-state index contributed by atoms with van der Waals surface area (Å²) >= 11 is 0. The van der Waals surface area contributed by atoms with Crippen LogP contribution in [0, 0.1) is 5.82 Å². The molecule has 5 heteroatoms. The smallest absolute Gasteiger partial charge is 0.303 e. The fourth-order valence-electron chi connectivity index (χ4n) is 1.21. The Morgan fingerprint density at radius 3 is 2.73 bits per heavy atom. The van der Waals surface area contributed by atoms with Gasteiger partial charge in [-0.1, -0.05) is 0 Å². The summed E-state index contributed by atoms with van der Waals surface area (Å²) in [5.74, 6) is -2.01. The molecule has 15 heavy (non-hydrogen) atoms. The van der Waals surface area contributed by atoms with E-state index < -0.39 is 17.5 Å². The Bertz CT molecular complexity index is 376. The van der Waals surface area contributed by atoms with Gasteiger partial charge in [-0.2, -0.15) is 0 Å². The Hall–Kier alpha value is -1.78. The molecule has 0 fully saturated rings. The van der Waals surface area contributed by atoms with E-state index in [-0.39, 0.29) is 18.6 Å². The number of halogens is 1. The minimum atomic E-state index is -0.958. The van der Waals surface area contributed by atoms with E-state index in [1.54, 1.807) is 0 Å². The van der Waals surface area contributed by atoms with Crippen molar-refractivity contribution in [2.24, 2.45) is 0 Å². The fraction of sp³-hybridized carbons (Fsp3) is 0.300. The number of methoxy groups -OCH3 is 1. The fourth-order valence-corrected chi connectivity index (χ4v) is 1.21. The van der Waals surface area contributed by atoms with Crippen molar-refractivity contribution in [3.8, 4) is 11.5 Å². The van der Waals surface area contributed by atoms with Gasteiger partial charge in [0.05, 0.1) is 7.11 Å². The summed E-state index contributed by atoms with van der Waals surface area (Å²) in [6, 6.07) is 2.21. The molecule has 0 atom stereocenters. The third-order valence-electron chi connectivity index (χ3n) is 1.96. The van der Waals surface area contributed by atoms with Gasteiger partial charge in [0.15, 0.2) is 11.6 Å². The first kappa shape index (κ1) is 11.3. The van der Waals surface area contributed by atoms with Gasteiger partial charge in [-0.3, -0.25) is 4.79 Å². The van der Waals surface area contributed by atoms with Gasteiger partial charge in [0.2, 0.25) is 0 Å². The standard InChI is InChI=1S/C10H11FO4/c1-15-9-5-7(11)8(12)4-6(9)2-3-10(13)14/h4-5,12H,2-3H2,1H3,(H,13,14). The van der Waals surface area contributed by atoms with Crippen molar-refractivity contribution in [2.75, 3.05) is 7.11 Å². The number of phenols is 1. The van der Waals surface area contributed by atoms with Crippen LogP contribution >= 0.6 is 0 Å². The minimum absolute atomic E-state index is 0.0958. The van der Waals surface area contributed by atoms with E-state index in [1.165, 1.54) is 13.2 Å². The molecule has 0 unspecified atom stereocenters. The number of aryl methyl sites for hydroxylation is 1. The monoisotopic (exact) mass is 214 g/mol. The molecule has 0 saturated carbocycles. The first-order valence-corrected chi connectivity index (χ1v) is 4.31. The van der Waals surface area contributed by atoms with Gasteiger partial charge >= 0.3 is 5.97 Å². The van der Waals surface area contributed by atoms with Crippen LogP contribution in [0.15, 0.2) is 12.1 Å². The molecule has 0 saturated heterocycles. The number of phenolic OH excluding ortho intramolecular Hbond substituents is 1. The molecule has 0 aliphatic carbocycles. The summed E-state index contributed by atoms with van der Waals surface area (Å²) < 4.78 is 17.8. The van der Waals surface area contributed by atoms with Crippen molar-refractivity contribution in [1.29, 1.82) is 0 Å². The number of aliphatic carboxylic acids is 1. The molecule has 0 amide bonds. The molecule has 0 aliphatic rings. The number of ether oxygens (including phenoxy) is 1. The average Bonchev–Trinajstić information content (AvgIpc) is 2.19. The summed E-state index contributed by atoms with van der Waals surface area (Å²) in [6.07, 6.45) is 0.0911. The van der Waals surface area contributed by atoms with Crippen LogP contribution in [0.3, 0.4) is 0 Å². The van der Waals surface area contributed by atoms with Gasteiger partial charge in [0.25, 0.3) is 0 Å². The minimum Gasteiger partial charge on any atom is -0.505 e. The number of hydrogen-bond acceptors (Lipinski definition) is 3. The van der Waals surface area contributed by atoms with Crippen LogP contribution in [0.5, 0.6) is 11.5 Å². The Kier molecular flexibility index (Phi) is 3.49. The van der Waals surface area contributed by atoms with Crippen molar-refractivity contribution in [2.45, 2.75) is 12.8 Å². The first-order valence-electron chi connectivity index (χ1n) is 4.31. The van der Waals surface area contributed by atoms with Crippen molar-refractivity contribution >= 4 is 5.97 Å². The maximum absolute atomic E-state index is 12.9. The molecule has 0 spiro atoms.